The zero-order chi connectivity index (χ0) is 32.6. The van der Waals surface area contributed by atoms with Gasteiger partial charge in [0.15, 0.2) is 0 Å². The highest BCUT2D eigenvalue weighted by Gasteiger charge is 2.46. The number of fused-ring (bicyclic) bond motifs is 2. The number of allylic oxidation sites excluding steroid dienone is 1. The largest absolute Gasteiger partial charge is 0.490 e. The van der Waals surface area contributed by atoms with Crippen LogP contribution in [0.1, 0.15) is 94.6 Å². The lowest BCUT2D eigenvalue weighted by Crippen LogP contribution is -2.51. The number of hydrogen-bond acceptors (Lipinski definition) is 6. The second-order valence-corrected chi connectivity index (χ2v) is 16.4. The summed E-state index contributed by atoms with van der Waals surface area (Å²) < 4.78 is 35.5. The van der Waals surface area contributed by atoms with Gasteiger partial charge in [-0.1, -0.05) is 70.4 Å². The molecule has 1 aliphatic carbocycles. The molecule has 6 atom stereocenters. The molecular formula is C36H49ClN2O5S. The standard InChI is InChI=1S/C36H49ClN2O5S/c1-6-9-26-19-29(37)13-15-30(26)35(5)22-39-21-28-11-14-31(28)36(41,17-7-2)18-8-10-24(3)25(4)45(42,43)38-34(40)27-12-16-33(44-23-35)32(39)20-27/h8,12-13,15-16,18-20,24-25,28,31,41H,6-7,9-11,14,17,21-23H2,1-5H3,(H,38,40)/b18-8+/t24-,25+,28-,31+,35-,36-/m0/s1. The van der Waals surface area contributed by atoms with Crippen molar-refractivity contribution in [2.45, 2.75) is 95.8 Å². The van der Waals surface area contributed by atoms with Crippen LogP contribution in [0.2, 0.25) is 5.02 Å². The highest BCUT2D eigenvalue weighted by molar-refractivity contribution is 7.90. The third-order valence-electron chi connectivity index (χ3n) is 10.5. The van der Waals surface area contributed by atoms with E-state index in [4.69, 9.17) is 16.3 Å². The maximum absolute atomic E-state index is 13.4. The predicted octanol–water partition coefficient (Wildman–Crippen LogP) is 7.05. The van der Waals surface area contributed by atoms with Gasteiger partial charge in [-0.25, -0.2) is 13.1 Å². The van der Waals surface area contributed by atoms with Gasteiger partial charge in [-0.2, -0.15) is 0 Å². The quantitative estimate of drug-likeness (QED) is 0.335. The molecule has 1 saturated carbocycles. The molecule has 2 aliphatic heterocycles. The van der Waals surface area contributed by atoms with E-state index < -0.39 is 32.2 Å². The van der Waals surface area contributed by atoms with Gasteiger partial charge < -0.3 is 14.7 Å². The highest BCUT2D eigenvalue weighted by atomic mass is 35.5. The SMILES string of the molecule is CCCc1cc(Cl)ccc1[C@]1(C)COc2ccc3cc2N(C[C@@H]2CC[C@H]2[C@](O)(CCC)/C=C/C[C@H](C)[C@@H](C)S(=O)(=O)NC3=O)C1. The molecule has 2 aromatic carbocycles. The van der Waals surface area contributed by atoms with Gasteiger partial charge in [-0.15, -0.1) is 0 Å². The van der Waals surface area contributed by atoms with E-state index in [1.54, 1.807) is 25.1 Å². The fraction of sp³-hybridized carbons (Fsp3) is 0.583. The number of nitrogens with zero attached hydrogens (tertiary/aromatic N) is 1. The zero-order valence-electron chi connectivity index (χ0n) is 27.3. The Bertz CT molecular complexity index is 1540. The summed E-state index contributed by atoms with van der Waals surface area (Å²) in [5, 5.41) is 12.0. The summed E-state index contributed by atoms with van der Waals surface area (Å²) in [6.45, 7) is 11.7. The summed E-state index contributed by atoms with van der Waals surface area (Å²) in [6, 6.07) is 11.3. The van der Waals surface area contributed by atoms with Crippen molar-refractivity contribution in [3.63, 3.8) is 0 Å². The summed E-state index contributed by atoms with van der Waals surface area (Å²) in [4.78, 5) is 15.7. The van der Waals surface area contributed by atoms with Crippen LogP contribution in [0, 0.1) is 17.8 Å². The molecule has 5 rings (SSSR count). The number of nitrogens with one attached hydrogen (secondary N) is 1. The number of amides is 1. The number of aliphatic hydroxyl groups is 1. The van der Waals surface area contributed by atoms with Crippen LogP contribution in [0.4, 0.5) is 5.69 Å². The molecule has 2 N–H and O–H groups in total. The molecule has 7 nitrogen and oxygen atoms in total. The lowest BCUT2D eigenvalue weighted by atomic mass is 9.63. The van der Waals surface area contributed by atoms with Gasteiger partial charge in [-0.3, -0.25) is 4.79 Å². The number of sulfonamides is 1. The molecule has 1 fully saturated rings. The number of benzene rings is 2. The van der Waals surface area contributed by atoms with Crippen LogP contribution in [0.5, 0.6) is 5.75 Å². The number of rotatable bonds is 5. The van der Waals surface area contributed by atoms with Crippen LogP contribution in [0.3, 0.4) is 0 Å². The summed E-state index contributed by atoms with van der Waals surface area (Å²) in [5.41, 5.74) is 2.07. The first-order valence-electron chi connectivity index (χ1n) is 16.6. The molecule has 3 aliphatic rings. The zero-order valence-corrected chi connectivity index (χ0v) is 28.9. The van der Waals surface area contributed by atoms with Crippen molar-refractivity contribution in [1.29, 1.82) is 0 Å². The van der Waals surface area contributed by atoms with E-state index in [1.165, 1.54) is 11.1 Å². The van der Waals surface area contributed by atoms with E-state index >= 15 is 0 Å². The summed E-state index contributed by atoms with van der Waals surface area (Å²) >= 11 is 6.45. The van der Waals surface area contributed by atoms with E-state index in [-0.39, 0.29) is 23.3 Å². The van der Waals surface area contributed by atoms with Crippen molar-refractivity contribution in [1.82, 2.24) is 4.72 Å². The van der Waals surface area contributed by atoms with Gasteiger partial charge in [0.25, 0.3) is 5.91 Å². The number of carbonyl (C=O) groups excluding carboxylic acids is 1. The third-order valence-corrected chi connectivity index (χ3v) is 12.6. The molecule has 0 aromatic heterocycles. The smallest absolute Gasteiger partial charge is 0.264 e. The maximum Gasteiger partial charge on any atom is 0.264 e. The van der Waals surface area contributed by atoms with Gasteiger partial charge in [-0.05, 0) is 98.2 Å². The fourth-order valence-electron chi connectivity index (χ4n) is 7.56. The minimum atomic E-state index is -3.94. The summed E-state index contributed by atoms with van der Waals surface area (Å²) in [5.74, 6) is 0.0834. The van der Waals surface area contributed by atoms with Crippen molar-refractivity contribution in [2.75, 3.05) is 24.6 Å². The topological polar surface area (TPSA) is 95.9 Å². The first kappa shape index (κ1) is 33.8. The second-order valence-electron chi connectivity index (χ2n) is 13.9. The number of anilines is 1. The first-order valence-corrected chi connectivity index (χ1v) is 18.5. The van der Waals surface area contributed by atoms with E-state index in [0.29, 0.717) is 43.3 Å². The number of hydrogen-bond donors (Lipinski definition) is 2. The van der Waals surface area contributed by atoms with Gasteiger partial charge in [0, 0.05) is 29.1 Å². The Kier molecular flexibility index (Phi) is 9.98. The molecule has 0 radical (unpaired) electrons. The molecule has 1 amide bonds. The van der Waals surface area contributed by atoms with E-state index in [1.807, 2.05) is 25.1 Å². The third kappa shape index (κ3) is 6.93. The van der Waals surface area contributed by atoms with Crippen LogP contribution in [0.15, 0.2) is 48.6 Å². The van der Waals surface area contributed by atoms with Crippen molar-refractivity contribution < 1.29 is 23.1 Å². The van der Waals surface area contributed by atoms with Crippen molar-refractivity contribution >= 4 is 33.2 Å². The summed E-state index contributed by atoms with van der Waals surface area (Å²) in [7, 11) is -3.94. The van der Waals surface area contributed by atoms with E-state index in [0.717, 1.165) is 37.8 Å². The highest BCUT2D eigenvalue weighted by Crippen LogP contribution is 2.47. The number of ether oxygens (including phenoxy) is 1. The van der Waals surface area contributed by atoms with Crippen molar-refractivity contribution in [3.05, 3.63) is 70.3 Å². The average molecular weight is 657 g/mol. The molecule has 45 heavy (non-hydrogen) atoms. The lowest BCUT2D eigenvalue weighted by molar-refractivity contribution is -0.0509. The minimum absolute atomic E-state index is 0.0783. The molecule has 2 bridgehead atoms. The van der Waals surface area contributed by atoms with Gasteiger partial charge in [0.2, 0.25) is 10.0 Å². The molecule has 2 heterocycles. The van der Waals surface area contributed by atoms with Crippen LogP contribution in [-0.2, 0) is 21.9 Å². The van der Waals surface area contributed by atoms with Gasteiger partial charge >= 0.3 is 0 Å². The lowest BCUT2D eigenvalue weighted by Gasteiger charge is -2.49. The Morgan fingerprint density at radius 3 is 2.58 bits per heavy atom. The molecule has 2 aromatic rings. The molecule has 0 saturated heterocycles. The van der Waals surface area contributed by atoms with E-state index in [9.17, 15) is 18.3 Å². The second kappa shape index (κ2) is 13.3. The van der Waals surface area contributed by atoms with Crippen LogP contribution in [-0.4, -0.2) is 50.0 Å². The Morgan fingerprint density at radius 2 is 1.89 bits per heavy atom. The molecule has 0 unspecified atom stereocenters. The Hall–Kier alpha value is -2.55. The number of carbonyl (C=O) groups is 1. The molecule has 9 heteroatoms. The molecular weight excluding hydrogens is 608 g/mol. The van der Waals surface area contributed by atoms with Gasteiger partial charge in [0.05, 0.1) is 23.1 Å². The van der Waals surface area contributed by atoms with Gasteiger partial charge in [0.1, 0.15) is 5.75 Å². The molecule has 246 valence electrons. The Balaban J connectivity index is 1.61. The fourth-order valence-corrected chi connectivity index (χ4v) is 9.04. The van der Waals surface area contributed by atoms with Crippen LogP contribution < -0.4 is 14.4 Å². The number of halogens is 1. The maximum atomic E-state index is 13.4. The Labute approximate surface area is 274 Å². The Morgan fingerprint density at radius 1 is 1.11 bits per heavy atom. The van der Waals surface area contributed by atoms with Crippen molar-refractivity contribution in [2.24, 2.45) is 17.8 Å². The summed E-state index contributed by atoms with van der Waals surface area (Å²) in [6.07, 6.45) is 9.67. The normalized spacial score (nSPS) is 32.3. The monoisotopic (exact) mass is 656 g/mol. The van der Waals surface area contributed by atoms with E-state index in [2.05, 4.69) is 42.5 Å². The number of aryl methyl sites for hydroxylation is 1. The van der Waals surface area contributed by atoms with Crippen molar-refractivity contribution in [3.8, 4) is 5.75 Å². The predicted molar refractivity (Wildman–Crippen MR) is 182 cm³/mol. The minimum Gasteiger partial charge on any atom is -0.490 e. The van der Waals surface area contributed by atoms with Crippen LogP contribution >= 0.6 is 11.6 Å². The first-order chi connectivity index (χ1) is 21.3. The average Bonchev–Trinajstić information content (AvgIpc) is 3.10. The molecule has 0 spiro atoms. The van der Waals surface area contributed by atoms with Crippen LogP contribution in [0.25, 0.3) is 0 Å².